The van der Waals surface area contributed by atoms with E-state index in [1.54, 1.807) is 13.0 Å². The molecule has 0 spiro atoms. The van der Waals surface area contributed by atoms with Gasteiger partial charge in [0.25, 0.3) is 5.69 Å². The summed E-state index contributed by atoms with van der Waals surface area (Å²) in [6.07, 6.45) is 1.21. The summed E-state index contributed by atoms with van der Waals surface area (Å²) in [5.41, 5.74) is 6.15. The van der Waals surface area contributed by atoms with Crippen molar-refractivity contribution in [2.24, 2.45) is 5.73 Å². The number of nitrogens with zero attached hydrogens (tertiary/aromatic N) is 2. The predicted octanol–water partition coefficient (Wildman–Crippen LogP) is 1.01. The van der Waals surface area contributed by atoms with Crippen LogP contribution in [-0.4, -0.2) is 9.91 Å². The Morgan fingerprint density at radius 2 is 2.33 bits per heavy atom. The fraction of sp³-hybridized carbons (Fsp3) is 0.286. The van der Waals surface area contributed by atoms with Gasteiger partial charge in [-0.25, -0.2) is 0 Å². The molecule has 0 aliphatic heterocycles. The Hall–Kier alpha value is -1.49. The summed E-state index contributed by atoms with van der Waals surface area (Å²) >= 11 is 0. The molecule has 1 heterocycles. The molecule has 5 heteroatoms. The Morgan fingerprint density at radius 1 is 1.67 bits per heavy atom. The average Bonchev–Trinajstić information content (AvgIpc) is 2.04. The van der Waals surface area contributed by atoms with Crippen molar-refractivity contribution in [3.8, 4) is 0 Å². The predicted molar refractivity (Wildman–Crippen MR) is 43.5 cm³/mol. The van der Waals surface area contributed by atoms with Crippen molar-refractivity contribution in [3.63, 3.8) is 0 Å². The van der Waals surface area contributed by atoms with Crippen molar-refractivity contribution in [1.29, 1.82) is 0 Å². The SMILES string of the molecule is C[C@H](N)c1ccc([N+](=O)[O-])cn1. The zero-order valence-electron chi connectivity index (χ0n) is 6.60. The van der Waals surface area contributed by atoms with E-state index in [9.17, 15) is 10.1 Å². The smallest absolute Gasteiger partial charge is 0.287 e. The number of rotatable bonds is 2. The molecule has 0 radical (unpaired) electrons. The van der Waals surface area contributed by atoms with Crippen molar-refractivity contribution < 1.29 is 4.92 Å². The molecule has 2 N–H and O–H groups in total. The molecule has 5 nitrogen and oxygen atoms in total. The second-order valence-corrected chi connectivity index (χ2v) is 2.49. The minimum atomic E-state index is -0.488. The van der Waals surface area contributed by atoms with Gasteiger partial charge in [0, 0.05) is 12.1 Å². The van der Waals surface area contributed by atoms with E-state index >= 15 is 0 Å². The third kappa shape index (κ3) is 1.76. The lowest BCUT2D eigenvalue weighted by molar-refractivity contribution is -0.385. The summed E-state index contributed by atoms with van der Waals surface area (Å²) in [7, 11) is 0. The fourth-order valence-corrected chi connectivity index (χ4v) is 0.775. The number of pyridine rings is 1. The second-order valence-electron chi connectivity index (χ2n) is 2.49. The molecule has 64 valence electrons. The van der Waals surface area contributed by atoms with E-state index < -0.39 is 4.92 Å². The molecular weight excluding hydrogens is 158 g/mol. The number of aromatic nitrogens is 1. The molecule has 0 unspecified atom stereocenters. The zero-order valence-corrected chi connectivity index (χ0v) is 6.60. The number of nitrogens with two attached hydrogens (primary N) is 1. The van der Waals surface area contributed by atoms with Gasteiger partial charge in [0.1, 0.15) is 6.20 Å². The summed E-state index contributed by atoms with van der Waals surface area (Å²) in [6.45, 7) is 1.77. The first-order valence-corrected chi connectivity index (χ1v) is 3.47. The first-order chi connectivity index (χ1) is 5.61. The Morgan fingerprint density at radius 3 is 2.67 bits per heavy atom. The van der Waals surface area contributed by atoms with Crippen LogP contribution in [0.2, 0.25) is 0 Å². The van der Waals surface area contributed by atoms with E-state index in [1.165, 1.54) is 12.3 Å². The highest BCUT2D eigenvalue weighted by molar-refractivity contribution is 5.27. The van der Waals surface area contributed by atoms with Crippen molar-refractivity contribution in [3.05, 3.63) is 34.1 Å². The first kappa shape index (κ1) is 8.61. The van der Waals surface area contributed by atoms with Crippen LogP contribution in [0.5, 0.6) is 0 Å². The van der Waals surface area contributed by atoms with E-state index in [2.05, 4.69) is 4.98 Å². The van der Waals surface area contributed by atoms with Crippen LogP contribution in [0.1, 0.15) is 18.7 Å². The third-order valence-corrected chi connectivity index (χ3v) is 1.45. The van der Waals surface area contributed by atoms with Gasteiger partial charge >= 0.3 is 0 Å². The summed E-state index contributed by atoms with van der Waals surface area (Å²) in [5, 5.41) is 10.2. The average molecular weight is 167 g/mol. The standard InChI is InChI=1S/C7H9N3O2/c1-5(8)7-3-2-6(4-9-7)10(11)12/h2-5H,8H2,1H3/t5-/m0/s1. The molecule has 0 fully saturated rings. The van der Waals surface area contributed by atoms with E-state index in [0.29, 0.717) is 5.69 Å². The van der Waals surface area contributed by atoms with Crippen molar-refractivity contribution in [2.45, 2.75) is 13.0 Å². The molecule has 0 aliphatic carbocycles. The van der Waals surface area contributed by atoms with Gasteiger partial charge in [0.05, 0.1) is 10.6 Å². The zero-order chi connectivity index (χ0) is 9.14. The van der Waals surface area contributed by atoms with Crippen LogP contribution >= 0.6 is 0 Å². The number of hydrogen-bond acceptors (Lipinski definition) is 4. The van der Waals surface area contributed by atoms with Gasteiger partial charge in [-0.05, 0) is 13.0 Å². The maximum Gasteiger partial charge on any atom is 0.287 e. The highest BCUT2D eigenvalue weighted by Crippen LogP contribution is 2.11. The summed E-state index contributed by atoms with van der Waals surface area (Å²) in [6, 6.07) is 2.76. The summed E-state index contributed by atoms with van der Waals surface area (Å²) in [4.78, 5) is 13.6. The molecule has 0 aliphatic rings. The van der Waals surface area contributed by atoms with Gasteiger partial charge in [0.15, 0.2) is 0 Å². The maximum atomic E-state index is 10.2. The Labute approximate surface area is 69.4 Å². The van der Waals surface area contributed by atoms with Gasteiger partial charge in [-0.15, -0.1) is 0 Å². The van der Waals surface area contributed by atoms with Gasteiger partial charge in [0.2, 0.25) is 0 Å². The lowest BCUT2D eigenvalue weighted by Gasteiger charge is -2.01. The Kier molecular flexibility index (Phi) is 2.35. The minimum Gasteiger partial charge on any atom is -0.323 e. The largest absolute Gasteiger partial charge is 0.323 e. The minimum absolute atomic E-state index is 0.0144. The fourth-order valence-electron chi connectivity index (χ4n) is 0.775. The molecule has 1 aromatic heterocycles. The van der Waals surface area contributed by atoms with Crippen LogP contribution < -0.4 is 5.73 Å². The van der Waals surface area contributed by atoms with Crippen molar-refractivity contribution in [2.75, 3.05) is 0 Å². The Bertz CT molecular complexity index is 281. The monoisotopic (exact) mass is 167 g/mol. The van der Waals surface area contributed by atoms with Crippen LogP contribution in [-0.2, 0) is 0 Å². The summed E-state index contributed by atoms with van der Waals surface area (Å²) < 4.78 is 0. The van der Waals surface area contributed by atoms with Gasteiger partial charge < -0.3 is 5.73 Å². The number of nitro groups is 1. The molecule has 0 bridgehead atoms. The Balaban J connectivity index is 2.93. The maximum absolute atomic E-state index is 10.2. The van der Waals surface area contributed by atoms with Gasteiger partial charge in [-0.1, -0.05) is 0 Å². The molecule has 0 saturated heterocycles. The van der Waals surface area contributed by atoms with E-state index in [0.717, 1.165) is 0 Å². The highest BCUT2D eigenvalue weighted by atomic mass is 16.6. The van der Waals surface area contributed by atoms with E-state index in [-0.39, 0.29) is 11.7 Å². The molecule has 0 amide bonds. The summed E-state index contributed by atoms with van der Waals surface area (Å²) in [5.74, 6) is 0. The molecule has 1 aromatic rings. The quantitative estimate of drug-likeness (QED) is 0.526. The van der Waals surface area contributed by atoms with E-state index in [1.807, 2.05) is 0 Å². The molecule has 1 atom stereocenters. The van der Waals surface area contributed by atoms with Crippen LogP contribution in [0.3, 0.4) is 0 Å². The second kappa shape index (κ2) is 3.27. The third-order valence-electron chi connectivity index (χ3n) is 1.45. The van der Waals surface area contributed by atoms with Crippen molar-refractivity contribution in [1.82, 2.24) is 4.98 Å². The molecular formula is C7H9N3O2. The molecule has 0 saturated carbocycles. The van der Waals surface area contributed by atoms with E-state index in [4.69, 9.17) is 5.73 Å². The normalized spacial score (nSPS) is 12.5. The molecule has 1 rings (SSSR count). The lowest BCUT2D eigenvalue weighted by Crippen LogP contribution is -2.06. The lowest BCUT2D eigenvalue weighted by atomic mass is 10.2. The van der Waals surface area contributed by atoms with Gasteiger partial charge in [-0.2, -0.15) is 0 Å². The molecule has 0 aromatic carbocycles. The highest BCUT2D eigenvalue weighted by Gasteiger charge is 2.06. The number of hydrogen-bond donors (Lipinski definition) is 1. The van der Waals surface area contributed by atoms with Crippen molar-refractivity contribution >= 4 is 5.69 Å². The topological polar surface area (TPSA) is 82.0 Å². The molecule has 12 heavy (non-hydrogen) atoms. The van der Waals surface area contributed by atoms with Crippen LogP contribution in [0.4, 0.5) is 5.69 Å². The van der Waals surface area contributed by atoms with Gasteiger partial charge in [-0.3, -0.25) is 15.1 Å². The first-order valence-electron chi connectivity index (χ1n) is 3.47. The van der Waals surface area contributed by atoms with Crippen LogP contribution in [0, 0.1) is 10.1 Å². The van der Waals surface area contributed by atoms with Crippen LogP contribution in [0.15, 0.2) is 18.3 Å². The van der Waals surface area contributed by atoms with Crippen LogP contribution in [0.25, 0.3) is 0 Å².